The van der Waals surface area contributed by atoms with E-state index in [1.54, 1.807) is 11.3 Å². The van der Waals surface area contributed by atoms with Crippen LogP contribution in [-0.2, 0) is 0 Å². The Morgan fingerprint density at radius 1 is 0.457 bits per heavy atom. The molecule has 4 heteroatoms. The van der Waals surface area contributed by atoms with Gasteiger partial charge in [-0.2, -0.15) is 0 Å². The summed E-state index contributed by atoms with van der Waals surface area (Å²) in [6.45, 7) is 0. The van der Waals surface area contributed by atoms with Crippen molar-refractivity contribution in [2.24, 2.45) is 0 Å². The van der Waals surface area contributed by atoms with Crippen molar-refractivity contribution in [3.63, 3.8) is 0 Å². The smallest absolute Gasteiger partial charge is 0.236 e. The fourth-order valence-corrected chi connectivity index (χ4v) is 8.11. The molecule has 0 unspecified atom stereocenters. The van der Waals surface area contributed by atoms with Crippen molar-refractivity contribution in [1.82, 2.24) is 14.5 Å². The van der Waals surface area contributed by atoms with E-state index in [4.69, 9.17) is 9.97 Å². The van der Waals surface area contributed by atoms with Crippen molar-refractivity contribution < 1.29 is 0 Å². The minimum absolute atomic E-state index is 0.688. The van der Waals surface area contributed by atoms with E-state index in [9.17, 15) is 0 Å². The molecule has 10 aromatic rings. The molecule has 0 aliphatic carbocycles. The van der Waals surface area contributed by atoms with Crippen LogP contribution in [0.1, 0.15) is 0 Å². The highest BCUT2D eigenvalue weighted by Gasteiger charge is 2.21. The number of hydrogen-bond donors (Lipinski definition) is 0. The van der Waals surface area contributed by atoms with Crippen molar-refractivity contribution in [3.8, 4) is 28.3 Å². The summed E-state index contributed by atoms with van der Waals surface area (Å²) >= 11 is 1.73. The van der Waals surface area contributed by atoms with E-state index in [0.717, 1.165) is 32.5 Å². The predicted molar refractivity (Wildman–Crippen MR) is 195 cm³/mol. The normalized spacial score (nSPS) is 11.9. The Bertz CT molecular complexity index is 2790. The lowest BCUT2D eigenvalue weighted by molar-refractivity contribution is 1.02. The van der Waals surface area contributed by atoms with E-state index in [0.29, 0.717) is 5.95 Å². The van der Waals surface area contributed by atoms with Gasteiger partial charge in [-0.25, -0.2) is 9.97 Å². The Hall–Kier alpha value is -5.84. The van der Waals surface area contributed by atoms with Gasteiger partial charge in [-0.05, 0) is 45.5 Å². The summed E-state index contributed by atoms with van der Waals surface area (Å²) in [4.78, 5) is 11.8. The fraction of sp³-hybridized carbons (Fsp3) is 0. The molecule has 214 valence electrons. The Morgan fingerprint density at radius 3 is 1.93 bits per heavy atom. The molecule has 3 nitrogen and oxygen atoms in total. The molecule has 0 saturated heterocycles. The Morgan fingerprint density at radius 2 is 1.11 bits per heavy atom. The number of hydrogen-bond acceptors (Lipinski definition) is 3. The molecular formula is C42H25N3S. The van der Waals surface area contributed by atoms with Gasteiger partial charge < -0.3 is 0 Å². The minimum Gasteiger partial charge on any atom is -0.277 e. The second-order valence-corrected chi connectivity index (χ2v) is 12.9. The van der Waals surface area contributed by atoms with E-state index in [-0.39, 0.29) is 0 Å². The average molecular weight is 604 g/mol. The topological polar surface area (TPSA) is 30.7 Å². The van der Waals surface area contributed by atoms with E-state index in [1.165, 1.54) is 53.5 Å². The lowest BCUT2D eigenvalue weighted by atomic mass is 10.0. The van der Waals surface area contributed by atoms with Crippen LogP contribution in [0.15, 0.2) is 152 Å². The van der Waals surface area contributed by atoms with Gasteiger partial charge in [-0.15, -0.1) is 11.3 Å². The molecule has 7 aromatic carbocycles. The highest BCUT2D eigenvalue weighted by atomic mass is 32.1. The fourth-order valence-electron chi connectivity index (χ4n) is 7.04. The van der Waals surface area contributed by atoms with Crippen LogP contribution in [-0.4, -0.2) is 14.5 Å². The maximum Gasteiger partial charge on any atom is 0.236 e. The molecule has 46 heavy (non-hydrogen) atoms. The summed E-state index contributed by atoms with van der Waals surface area (Å²) in [6.07, 6.45) is 0. The van der Waals surface area contributed by atoms with Gasteiger partial charge in [0.1, 0.15) is 4.83 Å². The zero-order valence-electron chi connectivity index (χ0n) is 24.7. The summed E-state index contributed by atoms with van der Waals surface area (Å²) in [5.74, 6) is 0.688. The molecule has 0 spiro atoms. The van der Waals surface area contributed by atoms with Crippen molar-refractivity contribution in [1.29, 1.82) is 0 Å². The Labute approximate surface area is 268 Å². The molecule has 3 aromatic heterocycles. The zero-order chi connectivity index (χ0) is 30.2. The van der Waals surface area contributed by atoms with E-state index in [1.807, 2.05) is 0 Å². The standard InChI is InChI=1S/C42H25N3S/c1-2-10-26(11-3-1)27-18-20-29(21-19-27)39-38-34-16-8-9-17-37(34)46-41(38)44-42(43-39)45-36-25-31-14-5-4-13-30(31)24-35(36)33-23-22-28-12-6-7-15-32(28)40(33)45/h1-25H. The summed E-state index contributed by atoms with van der Waals surface area (Å²) < 4.78 is 3.51. The highest BCUT2D eigenvalue weighted by molar-refractivity contribution is 7.25. The molecule has 0 N–H and O–H groups in total. The van der Waals surface area contributed by atoms with Crippen LogP contribution >= 0.6 is 11.3 Å². The molecule has 0 atom stereocenters. The molecule has 0 radical (unpaired) electrons. The number of nitrogens with zero attached hydrogens (tertiary/aromatic N) is 3. The quantitative estimate of drug-likeness (QED) is 0.201. The van der Waals surface area contributed by atoms with Crippen molar-refractivity contribution in [3.05, 3.63) is 152 Å². The summed E-state index contributed by atoms with van der Waals surface area (Å²) in [5.41, 5.74) is 6.66. The minimum atomic E-state index is 0.688. The van der Waals surface area contributed by atoms with Gasteiger partial charge in [-0.1, -0.05) is 133 Å². The SMILES string of the molecule is c1ccc(-c2ccc(-c3nc(-n4c5cc6ccccc6cc5c5ccc6ccccc6c54)nc4sc5ccccc5c34)cc2)cc1. The van der Waals surface area contributed by atoms with Gasteiger partial charge in [0.15, 0.2) is 0 Å². The van der Waals surface area contributed by atoms with E-state index in [2.05, 4.69) is 156 Å². The van der Waals surface area contributed by atoms with E-state index < -0.39 is 0 Å². The molecule has 0 saturated carbocycles. The van der Waals surface area contributed by atoms with Crippen LogP contribution in [0.25, 0.3) is 92.0 Å². The Balaban J connectivity index is 1.32. The molecule has 10 rings (SSSR count). The van der Waals surface area contributed by atoms with Gasteiger partial charge >= 0.3 is 0 Å². The van der Waals surface area contributed by atoms with Crippen molar-refractivity contribution >= 4 is 75.0 Å². The second kappa shape index (κ2) is 9.83. The predicted octanol–water partition coefficient (Wildman–Crippen LogP) is 11.6. The number of fused-ring (bicyclic) bond motifs is 9. The lowest BCUT2D eigenvalue weighted by Crippen LogP contribution is -2.03. The van der Waals surface area contributed by atoms with Crippen LogP contribution in [0.4, 0.5) is 0 Å². The first-order valence-corrected chi connectivity index (χ1v) is 16.3. The number of aromatic nitrogens is 3. The third-order valence-corrected chi connectivity index (χ3v) is 10.3. The zero-order valence-corrected chi connectivity index (χ0v) is 25.5. The van der Waals surface area contributed by atoms with Gasteiger partial charge in [0.05, 0.1) is 16.7 Å². The van der Waals surface area contributed by atoms with Gasteiger partial charge in [0.2, 0.25) is 5.95 Å². The number of rotatable bonds is 3. The van der Waals surface area contributed by atoms with E-state index >= 15 is 0 Å². The third-order valence-electron chi connectivity index (χ3n) is 9.21. The maximum absolute atomic E-state index is 5.48. The monoisotopic (exact) mass is 603 g/mol. The first-order valence-electron chi connectivity index (χ1n) is 15.5. The molecular weight excluding hydrogens is 579 g/mol. The Kier molecular flexibility index (Phi) is 5.45. The number of benzene rings is 7. The lowest BCUT2D eigenvalue weighted by Gasteiger charge is -2.12. The molecule has 3 heterocycles. The number of thiophene rings is 1. The van der Waals surface area contributed by atoms with Crippen LogP contribution in [0.3, 0.4) is 0 Å². The van der Waals surface area contributed by atoms with Gasteiger partial charge in [0, 0.05) is 37.2 Å². The summed E-state index contributed by atoms with van der Waals surface area (Å²) in [6, 6.07) is 54.2. The van der Waals surface area contributed by atoms with Gasteiger partial charge in [0.25, 0.3) is 0 Å². The molecule has 0 bridgehead atoms. The molecule has 0 amide bonds. The first-order chi connectivity index (χ1) is 22.8. The van der Waals surface area contributed by atoms with Crippen LogP contribution < -0.4 is 0 Å². The molecule has 0 aliphatic rings. The highest BCUT2D eigenvalue weighted by Crippen LogP contribution is 2.42. The molecule has 0 aliphatic heterocycles. The first kappa shape index (κ1) is 25.5. The maximum atomic E-state index is 5.48. The third kappa shape index (κ3) is 3.77. The van der Waals surface area contributed by atoms with Crippen molar-refractivity contribution in [2.45, 2.75) is 0 Å². The van der Waals surface area contributed by atoms with Crippen LogP contribution in [0.2, 0.25) is 0 Å². The van der Waals surface area contributed by atoms with Crippen molar-refractivity contribution in [2.75, 3.05) is 0 Å². The second-order valence-electron chi connectivity index (χ2n) is 11.8. The van der Waals surface area contributed by atoms with Crippen LogP contribution in [0, 0.1) is 0 Å². The summed E-state index contributed by atoms with van der Waals surface area (Å²) in [5, 5.41) is 9.51. The van der Waals surface area contributed by atoms with Crippen LogP contribution in [0.5, 0.6) is 0 Å². The largest absolute Gasteiger partial charge is 0.277 e. The van der Waals surface area contributed by atoms with Gasteiger partial charge in [-0.3, -0.25) is 4.57 Å². The molecule has 0 fully saturated rings. The summed E-state index contributed by atoms with van der Waals surface area (Å²) in [7, 11) is 0. The average Bonchev–Trinajstić information content (AvgIpc) is 3.66.